The number of unbranched alkanes of at least 4 members (excludes halogenated alkanes) is 3. The Labute approximate surface area is 104 Å². The molecule has 0 fully saturated rings. The lowest BCUT2D eigenvalue weighted by molar-refractivity contribution is 0.205. The fourth-order valence-electron chi connectivity index (χ4n) is 1.38. The average molecular weight is 292 g/mol. The van der Waals surface area contributed by atoms with Crippen molar-refractivity contribution in [2.24, 2.45) is 0 Å². The Morgan fingerprint density at radius 1 is 1.47 bits per heavy atom. The zero-order valence-electron chi connectivity index (χ0n) is 9.33. The normalized spacial score (nSPS) is 12.7. The maximum absolute atomic E-state index is 5.69. The molecule has 0 aromatic carbocycles. The molecule has 0 saturated heterocycles. The Hall–Kier alpha value is -0.0900. The van der Waals surface area contributed by atoms with Crippen molar-refractivity contribution in [2.45, 2.75) is 52.1 Å². The molecule has 1 atom stereocenters. The van der Waals surface area contributed by atoms with E-state index in [1.807, 2.05) is 5.38 Å². The van der Waals surface area contributed by atoms with Gasteiger partial charge in [-0.15, -0.1) is 0 Å². The van der Waals surface area contributed by atoms with E-state index in [-0.39, 0.29) is 6.10 Å². The smallest absolute Gasteiger partial charge is 0.274 e. The topological polar surface area (TPSA) is 22.1 Å². The van der Waals surface area contributed by atoms with Crippen LogP contribution in [-0.4, -0.2) is 11.1 Å². The molecule has 0 aliphatic rings. The first kappa shape index (κ1) is 13.0. The van der Waals surface area contributed by atoms with Gasteiger partial charge in [0.1, 0.15) is 4.60 Å². The summed E-state index contributed by atoms with van der Waals surface area (Å²) in [6.45, 7) is 4.34. The lowest BCUT2D eigenvalue weighted by atomic mass is 10.1. The van der Waals surface area contributed by atoms with Crippen LogP contribution in [-0.2, 0) is 0 Å². The van der Waals surface area contributed by atoms with E-state index in [0.29, 0.717) is 0 Å². The van der Waals surface area contributed by atoms with Crippen LogP contribution >= 0.6 is 27.3 Å². The van der Waals surface area contributed by atoms with Crippen molar-refractivity contribution in [1.29, 1.82) is 0 Å². The van der Waals surface area contributed by atoms with Gasteiger partial charge < -0.3 is 4.74 Å². The largest absolute Gasteiger partial charge is 0.467 e. The zero-order valence-corrected chi connectivity index (χ0v) is 11.7. The molecule has 0 aliphatic heterocycles. The predicted molar refractivity (Wildman–Crippen MR) is 68.7 cm³/mol. The molecule has 86 valence electrons. The summed E-state index contributed by atoms with van der Waals surface area (Å²) in [6.07, 6.45) is 6.58. The van der Waals surface area contributed by atoms with Crippen molar-refractivity contribution in [3.05, 3.63) is 9.98 Å². The summed E-state index contributed by atoms with van der Waals surface area (Å²) in [5.74, 6) is 0. The van der Waals surface area contributed by atoms with Crippen LogP contribution in [0.3, 0.4) is 0 Å². The summed E-state index contributed by atoms with van der Waals surface area (Å²) >= 11 is 4.86. The van der Waals surface area contributed by atoms with E-state index in [2.05, 4.69) is 34.8 Å². The Morgan fingerprint density at radius 2 is 2.27 bits per heavy atom. The molecule has 0 bridgehead atoms. The minimum Gasteiger partial charge on any atom is -0.467 e. The van der Waals surface area contributed by atoms with Gasteiger partial charge in [0.15, 0.2) is 0 Å². The molecule has 1 unspecified atom stereocenters. The van der Waals surface area contributed by atoms with E-state index in [1.54, 1.807) is 11.3 Å². The van der Waals surface area contributed by atoms with Gasteiger partial charge >= 0.3 is 0 Å². The van der Waals surface area contributed by atoms with Crippen LogP contribution < -0.4 is 4.74 Å². The van der Waals surface area contributed by atoms with Crippen LogP contribution in [0, 0.1) is 0 Å². The van der Waals surface area contributed by atoms with E-state index >= 15 is 0 Å². The summed E-state index contributed by atoms with van der Waals surface area (Å²) in [5, 5.41) is 2.71. The van der Waals surface area contributed by atoms with Gasteiger partial charge in [-0.2, -0.15) is 4.98 Å². The van der Waals surface area contributed by atoms with Gasteiger partial charge in [0.05, 0.1) is 6.10 Å². The van der Waals surface area contributed by atoms with Crippen molar-refractivity contribution in [3.63, 3.8) is 0 Å². The van der Waals surface area contributed by atoms with Gasteiger partial charge in [0, 0.05) is 5.38 Å². The third-order valence-corrected chi connectivity index (χ3v) is 3.66. The summed E-state index contributed by atoms with van der Waals surface area (Å²) in [4.78, 5) is 4.21. The zero-order chi connectivity index (χ0) is 11.1. The second kappa shape index (κ2) is 7.23. The number of aromatic nitrogens is 1. The molecule has 0 N–H and O–H groups in total. The molecular formula is C11H18BrNOS. The summed E-state index contributed by atoms with van der Waals surface area (Å²) in [6, 6.07) is 0. The minimum atomic E-state index is 0.278. The minimum absolute atomic E-state index is 0.278. The highest BCUT2D eigenvalue weighted by Gasteiger charge is 2.06. The lowest BCUT2D eigenvalue weighted by Gasteiger charge is -2.11. The summed E-state index contributed by atoms with van der Waals surface area (Å²) in [5.41, 5.74) is 0. The first-order valence-corrected chi connectivity index (χ1v) is 7.17. The molecule has 15 heavy (non-hydrogen) atoms. The number of ether oxygens (including phenoxy) is 1. The standard InChI is InChI=1S/C11H18BrNOS/c1-3-4-5-6-7-9(2)14-11-13-10(12)8-15-11/h8-9H,3-7H2,1-2H3. The fraction of sp³-hybridized carbons (Fsp3) is 0.727. The third kappa shape index (κ3) is 5.52. The van der Waals surface area contributed by atoms with Crippen LogP contribution in [0.1, 0.15) is 46.0 Å². The van der Waals surface area contributed by atoms with Crippen LogP contribution in [0.15, 0.2) is 9.98 Å². The van der Waals surface area contributed by atoms with E-state index in [9.17, 15) is 0 Å². The highest BCUT2D eigenvalue weighted by molar-refractivity contribution is 9.10. The Morgan fingerprint density at radius 3 is 2.87 bits per heavy atom. The molecule has 0 radical (unpaired) electrons. The van der Waals surface area contributed by atoms with Crippen LogP contribution in [0.5, 0.6) is 5.19 Å². The quantitative estimate of drug-likeness (QED) is 0.683. The Kier molecular flexibility index (Phi) is 6.25. The molecule has 0 spiro atoms. The fourth-order valence-corrected chi connectivity index (χ4v) is 2.56. The van der Waals surface area contributed by atoms with Gasteiger partial charge in [-0.1, -0.05) is 37.5 Å². The molecule has 1 aromatic heterocycles. The van der Waals surface area contributed by atoms with Crippen molar-refractivity contribution in [3.8, 4) is 5.19 Å². The second-order valence-corrected chi connectivity index (χ2v) is 5.35. The van der Waals surface area contributed by atoms with Crippen molar-refractivity contribution in [2.75, 3.05) is 0 Å². The first-order chi connectivity index (χ1) is 7.22. The maximum Gasteiger partial charge on any atom is 0.274 e. The maximum atomic E-state index is 5.69. The third-order valence-electron chi connectivity index (χ3n) is 2.22. The molecule has 1 heterocycles. The predicted octanol–water partition coefficient (Wildman–Crippen LogP) is 4.64. The SMILES string of the molecule is CCCCCCC(C)Oc1nc(Br)cs1. The number of halogens is 1. The molecule has 4 heteroatoms. The van der Waals surface area contributed by atoms with Gasteiger partial charge in [-0.05, 0) is 35.7 Å². The van der Waals surface area contributed by atoms with E-state index in [0.717, 1.165) is 16.2 Å². The molecule has 2 nitrogen and oxygen atoms in total. The van der Waals surface area contributed by atoms with Crippen LogP contribution in [0.25, 0.3) is 0 Å². The molecule has 1 rings (SSSR count). The average Bonchev–Trinajstić information content (AvgIpc) is 2.59. The summed E-state index contributed by atoms with van der Waals surface area (Å²) < 4.78 is 6.55. The van der Waals surface area contributed by atoms with Crippen molar-refractivity contribution >= 4 is 27.3 Å². The van der Waals surface area contributed by atoms with Crippen LogP contribution in [0.2, 0.25) is 0 Å². The molecule has 0 saturated carbocycles. The monoisotopic (exact) mass is 291 g/mol. The van der Waals surface area contributed by atoms with Gasteiger partial charge in [-0.25, -0.2) is 0 Å². The van der Waals surface area contributed by atoms with Crippen molar-refractivity contribution in [1.82, 2.24) is 4.98 Å². The van der Waals surface area contributed by atoms with Crippen molar-refractivity contribution < 1.29 is 4.74 Å². The van der Waals surface area contributed by atoms with E-state index < -0.39 is 0 Å². The molecule has 0 aliphatic carbocycles. The number of hydrogen-bond acceptors (Lipinski definition) is 3. The Bertz CT molecular complexity index is 277. The first-order valence-electron chi connectivity index (χ1n) is 5.50. The number of rotatable bonds is 7. The lowest BCUT2D eigenvalue weighted by Crippen LogP contribution is -2.11. The number of hydrogen-bond donors (Lipinski definition) is 0. The van der Waals surface area contributed by atoms with E-state index in [1.165, 1.54) is 25.7 Å². The molecule has 0 amide bonds. The highest BCUT2D eigenvalue weighted by atomic mass is 79.9. The molecule has 1 aromatic rings. The number of nitrogens with zero attached hydrogens (tertiary/aromatic N) is 1. The highest BCUT2D eigenvalue weighted by Crippen LogP contribution is 2.23. The van der Waals surface area contributed by atoms with Crippen LogP contribution in [0.4, 0.5) is 0 Å². The number of thiazole rings is 1. The van der Waals surface area contributed by atoms with E-state index in [4.69, 9.17) is 4.74 Å². The summed E-state index contributed by atoms with van der Waals surface area (Å²) in [7, 11) is 0. The van der Waals surface area contributed by atoms with Gasteiger partial charge in [0.25, 0.3) is 5.19 Å². The van der Waals surface area contributed by atoms with Gasteiger partial charge in [0.2, 0.25) is 0 Å². The van der Waals surface area contributed by atoms with Gasteiger partial charge in [-0.3, -0.25) is 0 Å². The Balaban J connectivity index is 2.15. The second-order valence-electron chi connectivity index (χ2n) is 3.71. The molecular weight excluding hydrogens is 274 g/mol.